The van der Waals surface area contributed by atoms with E-state index in [-0.39, 0.29) is 0 Å². The van der Waals surface area contributed by atoms with Crippen molar-refractivity contribution in [3.8, 4) is 0 Å². The van der Waals surface area contributed by atoms with Crippen molar-refractivity contribution in [1.29, 1.82) is 0 Å². The molecule has 0 saturated carbocycles. The SMILES string of the molecule is CNCc1ccc(N2CC(C)C(N(C)C)C2)nn1. The van der Waals surface area contributed by atoms with Crippen LogP contribution in [0.4, 0.5) is 5.82 Å². The molecule has 0 bridgehead atoms. The predicted octanol–water partition coefficient (Wildman–Crippen LogP) is 0.582. The van der Waals surface area contributed by atoms with Gasteiger partial charge in [-0.05, 0) is 39.2 Å². The molecule has 1 aliphatic rings. The highest BCUT2D eigenvalue weighted by atomic mass is 15.3. The van der Waals surface area contributed by atoms with E-state index in [2.05, 4.69) is 52.4 Å². The molecule has 2 heterocycles. The molecule has 1 fully saturated rings. The molecule has 5 nitrogen and oxygen atoms in total. The summed E-state index contributed by atoms with van der Waals surface area (Å²) in [7, 11) is 6.21. The second-order valence-corrected chi connectivity index (χ2v) is 5.33. The van der Waals surface area contributed by atoms with Gasteiger partial charge in [-0.2, -0.15) is 5.10 Å². The van der Waals surface area contributed by atoms with Crippen LogP contribution in [0.15, 0.2) is 12.1 Å². The molecule has 0 radical (unpaired) electrons. The zero-order valence-electron chi connectivity index (χ0n) is 11.7. The maximum atomic E-state index is 4.32. The number of likely N-dealkylation sites (N-methyl/N-ethyl adjacent to an activating group) is 1. The van der Waals surface area contributed by atoms with Crippen molar-refractivity contribution in [1.82, 2.24) is 20.4 Å². The van der Waals surface area contributed by atoms with Crippen LogP contribution in [-0.4, -0.2) is 55.4 Å². The fraction of sp³-hybridized carbons (Fsp3) is 0.692. The molecule has 0 amide bonds. The molecule has 2 atom stereocenters. The van der Waals surface area contributed by atoms with E-state index in [9.17, 15) is 0 Å². The first-order valence-electron chi connectivity index (χ1n) is 6.50. The lowest BCUT2D eigenvalue weighted by molar-refractivity contribution is 0.266. The van der Waals surface area contributed by atoms with E-state index < -0.39 is 0 Å². The van der Waals surface area contributed by atoms with Crippen molar-refractivity contribution in [3.63, 3.8) is 0 Å². The van der Waals surface area contributed by atoms with Gasteiger partial charge in [-0.3, -0.25) is 0 Å². The van der Waals surface area contributed by atoms with Crippen LogP contribution in [0.1, 0.15) is 12.6 Å². The summed E-state index contributed by atoms with van der Waals surface area (Å²) in [6.07, 6.45) is 0. The van der Waals surface area contributed by atoms with Gasteiger partial charge in [-0.1, -0.05) is 6.92 Å². The molecule has 1 N–H and O–H groups in total. The monoisotopic (exact) mass is 249 g/mol. The Labute approximate surface area is 109 Å². The predicted molar refractivity (Wildman–Crippen MR) is 73.6 cm³/mol. The van der Waals surface area contributed by atoms with Crippen molar-refractivity contribution in [2.45, 2.75) is 19.5 Å². The standard InChI is InChI=1S/C13H23N5/c1-10-8-18(9-12(10)17(3)4)13-6-5-11(7-14-2)15-16-13/h5-6,10,12,14H,7-9H2,1-4H3. The Morgan fingerprint density at radius 3 is 2.61 bits per heavy atom. The van der Waals surface area contributed by atoms with E-state index in [4.69, 9.17) is 0 Å². The third-order valence-electron chi connectivity index (χ3n) is 3.62. The van der Waals surface area contributed by atoms with Gasteiger partial charge in [-0.15, -0.1) is 5.10 Å². The fourth-order valence-electron chi connectivity index (χ4n) is 2.61. The van der Waals surface area contributed by atoms with Gasteiger partial charge in [0, 0.05) is 25.7 Å². The lowest BCUT2D eigenvalue weighted by Gasteiger charge is -2.22. The summed E-state index contributed by atoms with van der Waals surface area (Å²) < 4.78 is 0. The molecule has 1 aromatic heterocycles. The first-order chi connectivity index (χ1) is 8.61. The van der Waals surface area contributed by atoms with Gasteiger partial charge in [0.05, 0.1) is 5.69 Å². The minimum Gasteiger partial charge on any atom is -0.353 e. The molecular weight excluding hydrogens is 226 g/mol. The number of aromatic nitrogens is 2. The van der Waals surface area contributed by atoms with Gasteiger partial charge in [0.1, 0.15) is 0 Å². The van der Waals surface area contributed by atoms with Gasteiger partial charge in [0.2, 0.25) is 0 Å². The van der Waals surface area contributed by atoms with Crippen molar-refractivity contribution >= 4 is 5.82 Å². The lowest BCUT2D eigenvalue weighted by atomic mass is 10.1. The van der Waals surface area contributed by atoms with E-state index in [1.165, 1.54) is 0 Å². The molecule has 1 saturated heterocycles. The van der Waals surface area contributed by atoms with Crippen LogP contribution >= 0.6 is 0 Å². The van der Waals surface area contributed by atoms with Crippen molar-refractivity contribution in [3.05, 3.63) is 17.8 Å². The topological polar surface area (TPSA) is 44.3 Å². The summed E-state index contributed by atoms with van der Waals surface area (Å²) in [5.41, 5.74) is 0.984. The molecule has 18 heavy (non-hydrogen) atoms. The van der Waals surface area contributed by atoms with E-state index in [0.717, 1.165) is 31.1 Å². The molecule has 1 aliphatic heterocycles. The van der Waals surface area contributed by atoms with Crippen LogP contribution in [0.3, 0.4) is 0 Å². The number of nitrogens with one attached hydrogen (secondary N) is 1. The second kappa shape index (κ2) is 5.63. The summed E-state index contributed by atoms with van der Waals surface area (Å²) in [6, 6.07) is 4.72. The van der Waals surface area contributed by atoms with Gasteiger partial charge in [0.15, 0.2) is 5.82 Å². The minimum atomic E-state index is 0.601. The third kappa shape index (κ3) is 2.79. The molecule has 0 spiro atoms. The summed E-state index contributed by atoms with van der Waals surface area (Å²) >= 11 is 0. The summed E-state index contributed by atoms with van der Waals surface area (Å²) in [5.74, 6) is 1.66. The maximum absolute atomic E-state index is 4.32. The quantitative estimate of drug-likeness (QED) is 0.846. The van der Waals surface area contributed by atoms with Gasteiger partial charge in [-0.25, -0.2) is 0 Å². The summed E-state index contributed by atoms with van der Waals surface area (Å²) in [5, 5.41) is 11.6. The molecule has 0 aliphatic carbocycles. The summed E-state index contributed by atoms with van der Waals surface area (Å²) in [4.78, 5) is 4.62. The van der Waals surface area contributed by atoms with Crippen LogP contribution in [-0.2, 0) is 6.54 Å². The molecular formula is C13H23N5. The van der Waals surface area contributed by atoms with Crippen molar-refractivity contribution in [2.24, 2.45) is 5.92 Å². The maximum Gasteiger partial charge on any atom is 0.151 e. The molecule has 5 heteroatoms. The molecule has 2 rings (SSSR count). The summed E-state index contributed by atoms with van der Waals surface area (Å²) in [6.45, 7) is 5.16. The van der Waals surface area contributed by atoms with Crippen molar-refractivity contribution in [2.75, 3.05) is 39.1 Å². The zero-order valence-corrected chi connectivity index (χ0v) is 11.7. The Hall–Kier alpha value is -1.20. The minimum absolute atomic E-state index is 0.601. The second-order valence-electron chi connectivity index (χ2n) is 5.33. The highest BCUT2D eigenvalue weighted by molar-refractivity contribution is 5.39. The van der Waals surface area contributed by atoms with E-state index in [0.29, 0.717) is 12.0 Å². The fourth-order valence-corrected chi connectivity index (χ4v) is 2.61. The number of anilines is 1. The van der Waals surface area contributed by atoms with Gasteiger partial charge in [0.25, 0.3) is 0 Å². The van der Waals surface area contributed by atoms with Crippen LogP contribution in [0.25, 0.3) is 0 Å². The van der Waals surface area contributed by atoms with Crippen LogP contribution in [0.5, 0.6) is 0 Å². The number of nitrogens with zero attached hydrogens (tertiary/aromatic N) is 4. The Kier molecular flexibility index (Phi) is 4.14. The Morgan fingerprint density at radius 2 is 2.11 bits per heavy atom. The molecule has 100 valence electrons. The number of rotatable bonds is 4. The normalized spacial score (nSPS) is 23.9. The smallest absolute Gasteiger partial charge is 0.151 e. The van der Waals surface area contributed by atoms with E-state index in [1.807, 2.05) is 13.1 Å². The molecule has 1 aromatic rings. The van der Waals surface area contributed by atoms with E-state index in [1.54, 1.807) is 0 Å². The molecule has 2 unspecified atom stereocenters. The average Bonchev–Trinajstić information content (AvgIpc) is 2.73. The average molecular weight is 249 g/mol. The Morgan fingerprint density at radius 1 is 1.33 bits per heavy atom. The van der Waals surface area contributed by atoms with Gasteiger partial charge >= 0.3 is 0 Å². The number of hydrogen-bond donors (Lipinski definition) is 1. The zero-order chi connectivity index (χ0) is 13.1. The Bertz CT molecular complexity index is 375. The highest BCUT2D eigenvalue weighted by Gasteiger charge is 2.31. The lowest BCUT2D eigenvalue weighted by Crippen LogP contribution is -2.34. The number of hydrogen-bond acceptors (Lipinski definition) is 5. The molecule has 0 aromatic carbocycles. The first-order valence-corrected chi connectivity index (χ1v) is 6.50. The first kappa shape index (κ1) is 13.2. The van der Waals surface area contributed by atoms with Gasteiger partial charge < -0.3 is 15.1 Å². The van der Waals surface area contributed by atoms with E-state index >= 15 is 0 Å². The van der Waals surface area contributed by atoms with Crippen molar-refractivity contribution < 1.29 is 0 Å². The highest BCUT2D eigenvalue weighted by Crippen LogP contribution is 2.24. The third-order valence-corrected chi connectivity index (χ3v) is 3.62. The Balaban J connectivity index is 2.04. The van der Waals surface area contributed by atoms with Crippen LogP contribution in [0.2, 0.25) is 0 Å². The largest absolute Gasteiger partial charge is 0.353 e. The van der Waals surface area contributed by atoms with Crippen LogP contribution < -0.4 is 10.2 Å². The van der Waals surface area contributed by atoms with Crippen LogP contribution in [0, 0.1) is 5.92 Å².